The Morgan fingerprint density at radius 2 is 1.68 bits per heavy atom. The highest BCUT2D eigenvalue weighted by Crippen LogP contribution is 2.28. The van der Waals surface area contributed by atoms with Gasteiger partial charge in [-0.15, -0.1) is 0 Å². The van der Waals surface area contributed by atoms with Crippen molar-refractivity contribution in [2.24, 2.45) is 0 Å². The number of hydrogen-bond acceptors (Lipinski definition) is 3. The van der Waals surface area contributed by atoms with Crippen LogP contribution in [-0.4, -0.2) is 29.9 Å². The summed E-state index contributed by atoms with van der Waals surface area (Å²) in [5.74, 6) is -0.114. The topological polar surface area (TPSA) is 55.8 Å². The van der Waals surface area contributed by atoms with Crippen LogP contribution in [0.4, 0.5) is 0 Å². The molecule has 0 amide bonds. The second-order valence-electron chi connectivity index (χ2n) is 7.00. The van der Waals surface area contributed by atoms with Gasteiger partial charge in [-0.1, -0.05) is 19.1 Å². The molecule has 0 aliphatic heterocycles. The standard InChI is InChI=1S/C21H34O4/c1-10-14(3)18(19(20(22)23)25-21(6,7)8)16(5)15(4)12-13-17(11-2)24-9/h10,12-13,19H,11H2,1-9H3,(H,22,23). The van der Waals surface area contributed by atoms with Crippen molar-refractivity contribution in [1.82, 2.24) is 0 Å². The first-order valence-corrected chi connectivity index (χ1v) is 8.64. The average molecular weight is 350 g/mol. The Balaban J connectivity index is 6.22. The van der Waals surface area contributed by atoms with Crippen LogP contribution in [0, 0.1) is 0 Å². The highest BCUT2D eigenvalue weighted by atomic mass is 16.5. The van der Waals surface area contributed by atoms with Gasteiger partial charge in [-0.25, -0.2) is 4.79 Å². The molecule has 142 valence electrons. The van der Waals surface area contributed by atoms with Crippen molar-refractivity contribution in [2.75, 3.05) is 7.11 Å². The Bertz CT molecular complexity index is 578. The Labute approximate surface area is 152 Å². The molecule has 0 saturated heterocycles. The largest absolute Gasteiger partial charge is 0.501 e. The van der Waals surface area contributed by atoms with Crippen molar-refractivity contribution in [2.45, 2.75) is 73.5 Å². The van der Waals surface area contributed by atoms with Crippen molar-refractivity contribution >= 4 is 5.97 Å². The lowest BCUT2D eigenvalue weighted by Gasteiger charge is -2.28. The van der Waals surface area contributed by atoms with Gasteiger partial charge in [0.2, 0.25) is 0 Å². The zero-order valence-electron chi connectivity index (χ0n) is 17.2. The van der Waals surface area contributed by atoms with Gasteiger partial charge in [0.1, 0.15) is 0 Å². The first kappa shape index (κ1) is 23.2. The van der Waals surface area contributed by atoms with Crippen LogP contribution < -0.4 is 0 Å². The Morgan fingerprint density at radius 3 is 2.04 bits per heavy atom. The summed E-state index contributed by atoms with van der Waals surface area (Å²) < 4.78 is 11.1. The van der Waals surface area contributed by atoms with Crippen LogP contribution in [0.15, 0.2) is 46.3 Å². The minimum absolute atomic E-state index is 0.564. The molecule has 0 rings (SSSR count). The summed E-state index contributed by atoms with van der Waals surface area (Å²) in [7, 11) is 1.65. The molecule has 0 aromatic carbocycles. The Morgan fingerprint density at radius 1 is 1.12 bits per heavy atom. The van der Waals surface area contributed by atoms with Gasteiger partial charge in [-0.3, -0.25) is 0 Å². The number of carboxylic acids is 1. The van der Waals surface area contributed by atoms with E-state index < -0.39 is 17.7 Å². The van der Waals surface area contributed by atoms with E-state index >= 15 is 0 Å². The number of hydrogen-bond donors (Lipinski definition) is 1. The molecule has 0 bridgehead atoms. The Hall–Kier alpha value is -1.81. The molecule has 0 fully saturated rings. The fourth-order valence-electron chi connectivity index (χ4n) is 2.33. The van der Waals surface area contributed by atoms with E-state index in [0.29, 0.717) is 5.57 Å². The zero-order valence-corrected chi connectivity index (χ0v) is 17.2. The monoisotopic (exact) mass is 350 g/mol. The molecule has 1 atom stereocenters. The van der Waals surface area contributed by atoms with E-state index in [1.807, 2.05) is 73.6 Å². The number of ether oxygens (including phenoxy) is 2. The fourth-order valence-corrected chi connectivity index (χ4v) is 2.33. The molecule has 0 aliphatic rings. The second-order valence-corrected chi connectivity index (χ2v) is 7.00. The molecule has 25 heavy (non-hydrogen) atoms. The summed E-state index contributed by atoms with van der Waals surface area (Å²) in [6.07, 6.45) is 5.57. The number of aliphatic carboxylic acids is 1. The van der Waals surface area contributed by atoms with Crippen molar-refractivity contribution in [3.05, 3.63) is 46.3 Å². The summed E-state index contributed by atoms with van der Waals surface area (Å²) >= 11 is 0. The van der Waals surface area contributed by atoms with Gasteiger partial charge in [0.25, 0.3) is 0 Å². The van der Waals surface area contributed by atoms with Crippen molar-refractivity contribution < 1.29 is 19.4 Å². The summed E-state index contributed by atoms with van der Waals surface area (Å²) in [6, 6.07) is 0. The molecule has 1 N–H and O–H groups in total. The summed E-state index contributed by atoms with van der Waals surface area (Å²) in [4.78, 5) is 11.9. The van der Waals surface area contributed by atoms with Gasteiger partial charge < -0.3 is 14.6 Å². The lowest BCUT2D eigenvalue weighted by molar-refractivity contribution is -0.155. The predicted molar refractivity (Wildman–Crippen MR) is 104 cm³/mol. The molecule has 1 unspecified atom stereocenters. The molecule has 0 aliphatic carbocycles. The highest BCUT2D eigenvalue weighted by molar-refractivity contribution is 5.79. The van der Waals surface area contributed by atoms with E-state index in [-0.39, 0.29) is 0 Å². The third-order valence-corrected chi connectivity index (χ3v) is 3.94. The molecule has 0 radical (unpaired) electrons. The number of carbonyl (C=O) groups is 1. The van der Waals surface area contributed by atoms with E-state index in [1.165, 1.54) is 0 Å². The number of methoxy groups -OCH3 is 1. The average Bonchev–Trinajstić information content (AvgIpc) is 2.53. The first-order valence-electron chi connectivity index (χ1n) is 8.64. The van der Waals surface area contributed by atoms with E-state index in [1.54, 1.807) is 7.11 Å². The maximum Gasteiger partial charge on any atom is 0.337 e. The van der Waals surface area contributed by atoms with E-state index in [0.717, 1.165) is 28.9 Å². The third-order valence-electron chi connectivity index (χ3n) is 3.94. The lowest BCUT2D eigenvalue weighted by Crippen LogP contribution is -2.35. The van der Waals surface area contributed by atoms with Gasteiger partial charge in [-0.2, -0.15) is 0 Å². The summed E-state index contributed by atoms with van der Waals surface area (Å²) in [5.41, 5.74) is 2.90. The van der Waals surface area contributed by atoms with Gasteiger partial charge in [0, 0.05) is 6.42 Å². The SMILES string of the molecule is CC=C(C)C(=C(C)C(C)=CC=C(CC)OC)C(OC(C)(C)C)C(=O)O. The van der Waals surface area contributed by atoms with Crippen LogP contribution >= 0.6 is 0 Å². The zero-order chi connectivity index (χ0) is 19.8. The van der Waals surface area contributed by atoms with Crippen LogP contribution in [-0.2, 0) is 14.3 Å². The quantitative estimate of drug-likeness (QED) is 0.469. The van der Waals surface area contributed by atoms with E-state index in [4.69, 9.17) is 9.47 Å². The maximum atomic E-state index is 11.9. The molecule has 4 heteroatoms. The molecule has 0 heterocycles. The predicted octanol–water partition coefficient (Wildman–Crippen LogP) is 5.42. The van der Waals surface area contributed by atoms with Crippen molar-refractivity contribution in [3.63, 3.8) is 0 Å². The lowest BCUT2D eigenvalue weighted by atomic mass is 9.91. The van der Waals surface area contributed by atoms with Crippen molar-refractivity contribution in [3.8, 4) is 0 Å². The maximum absolute atomic E-state index is 11.9. The van der Waals surface area contributed by atoms with Gasteiger partial charge >= 0.3 is 5.97 Å². The molecule has 0 aromatic rings. The molecule has 4 nitrogen and oxygen atoms in total. The number of rotatable bonds is 8. The van der Waals surface area contributed by atoms with Crippen LogP contribution in [0.3, 0.4) is 0 Å². The minimum Gasteiger partial charge on any atom is -0.501 e. The summed E-state index contributed by atoms with van der Waals surface area (Å²) in [6.45, 7) is 15.3. The van der Waals surface area contributed by atoms with E-state index in [2.05, 4.69) is 0 Å². The Kier molecular flexibility index (Phi) is 9.50. The number of carboxylic acid groups (broad SMARTS) is 1. The van der Waals surface area contributed by atoms with Crippen LogP contribution in [0.25, 0.3) is 0 Å². The molecule has 0 aromatic heterocycles. The van der Waals surface area contributed by atoms with Crippen LogP contribution in [0.2, 0.25) is 0 Å². The smallest absolute Gasteiger partial charge is 0.337 e. The van der Waals surface area contributed by atoms with Crippen LogP contribution in [0.5, 0.6) is 0 Å². The fraction of sp³-hybridized carbons (Fsp3) is 0.571. The van der Waals surface area contributed by atoms with Crippen LogP contribution in [0.1, 0.15) is 61.8 Å². The van der Waals surface area contributed by atoms with Gasteiger partial charge in [0.05, 0.1) is 18.5 Å². The second kappa shape index (κ2) is 10.2. The number of allylic oxidation sites excluding steroid dienone is 6. The van der Waals surface area contributed by atoms with Crippen molar-refractivity contribution in [1.29, 1.82) is 0 Å². The van der Waals surface area contributed by atoms with Gasteiger partial charge in [0.15, 0.2) is 6.10 Å². The molecule has 0 saturated carbocycles. The molecular formula is C21H34O4. The normalized spacial score (nSPS) is 16.4. The van der Waals surface area contributed by atoms with E-state index in [9.17, 15) is 9.90 Å². The molecular weight excluding hydrogens is 316 g/mol. The summed E-state index contributed by atoms with van der Waals surface area (Å²) in [5, 5.41) is 9.74. The first-order chi connectivity index (χ1) is 11.5. The molecule has 0 spiro atoms. The minimum atomic E-state index is -1.02. The third kappa shape index (κ3) is 7.74. The van der Waals surface area contributed by atoms with Gasteiger partial charge in [-0.05, 0) is 76.8 Å². The highest BCUT2D eigenvalue weighted by Gasteiger charge is 2.30.